The van der Waals surface area contributed by atoms with Gasteiger partial charge in [0.2, 0.25) is 5.91 Å². The van der Waals surface area contributed by atoms with Gasteiger partial charge in [0.15, 0.2) is 0 Å². The Bertz CT molecular complexity index is 315. The van der Waals surface area contributed by atoms with Gasteiger partial charge in [-0.25, -0.2) is 0 Å². The average molecular weight is 280 g/mol. The molecule has 20 heavy (non-hydrogen) atoms. The maximum Gasteiger partial charge on any atom is 0.225 e. The Morgan fingerprint density at radius 2 is 1.85 bits per heavy atom. The van der Waals surface area contributed by atoms with E-state index in [1.165, 1.54) is 38.5 Å². The molecule has 0 radical (unpaired) electrons. The van der Waals surface area contributed by atoms with Crippen LogP contribution in [0.3, 0.4) is 0 Å². The number of carbonyl (C=O) groups excluding carboxylic acids is 1. The summed E-state index contributed by atoms with van der Waals surface area (Å²) in [7, 11) is 0. The van der Waals surface area contributed by atoms with E-state index in [0.717, 1.165) is 32.5 Å². The quantitative estimate of drug-likeness (QED) is 0.859. The fraction of sp³-hybridized carbons (Fsp3) is 0.941. The van der Waals surface area contributed by atoms with Gasteiger partial charge in [0, 0.05) is 19.0 Å². The van der Waals surface area contributed by atoms with Gasteiger partial charge in [-0.1, -0.05) is 33.1 Å². The highest BCUT2D eigenvalue weighted by atomic mass is 16.2. The van der Waals surface area contributed by atoms with Crippen LogP contribution in [0.2, 0.25) is 0 Å². The highest BCUT2D eigenvalue weighted by Gasteiger charge is 2.36. The van der Waals surface area contributed by atoms with Crippen LogP contribution in [0.1, 0.15) is 65.2 Å². The van der Waals surface area contributed by atoms with E-state index in [2.05, 4.69) is 18.7 Å². The molecule has 2 unspecified atom stereocenters. The third-order valence-electron chi connectivity index (χ3n) is 6.10. The molecule has 1 aliphatic heterocycles. The lowest BCUT2D eigenvalue weighted by atomic mass is 9.73. The van der Waals surface area contributed by atoms with Gasteiger partial charge in [0.1, 0.15) is 0 Å². The van der Waals surface area contributed by atoms with Gasteiger partial charge in [-0.15, -0.1) is 0 Å². The molecule has 1 saturated heterocycles. The minimum atomic E-state index is 0.257. The van der Waals surface area contributed by atoms with Crippen molar-refractivity contribution in [1.82, 2.24) is 4.90 Å². The zero-order chi connectivity index (χ0) is 14.6. The summed E-state index contributed by atoms with van der Waals surface area (Å²) in [6, 6.07) is 0. The number of hydrogen-bond donors (Lipinski definition) is 1. The molecule has 1 amide bonds. The molecule has 0 aromatic carbocycles. The van der Waals surface area contributed by atoms with Gasteiger partial charge < -0.3 is 10.6 Å². The van der Waals surface area contributed by atoms with Crippen LogP contribution in [0.25, 0.3) is 0 Å². The van der Waals surface area contributed by atoms with Crippen LogP contribution >= 0.6 is 0 Å². The van der Waals surface area contributed by atoms with E-state index in [1.54, 1.807) is 0 Å². The van der Waals surface area contributed by atoms with Gasteiger partial charge in [0.05, 0.1) is 0 Å². The number of carbonyl (C=O) groups is 1. The van der Waals surface area contributed by atoms with Crippen molar-refractivity contribution in [2.45, 2.75) is 65.2 Å². The number of likely N-dealkylation sites (tertiary alicyclic amines) is 1. The Kier molecular flexibility index (Phi) is 5.48. The van der Waals surface area contributed by atoms with E-state index in [0.29, 0.717) is 17.2 Å². The largest absolute Gasteiger partial charge is 0.342 e. The van der Waals surface area contributed by atoms with Crippen molar-refractivity contribution in [2.24, 2.45) is 23.0 Å². The first-order valence-electron chi connectivity index (χ1n) is 8.63. The molecule has 2 atom stereocenters. The minimum absolute atomic E-state index is 0.257. The maximum atomic E-state index is 12.7. The highest BCUT2D eigenvalue weighted by molar-refractivity contribution is 5.79. The second-order valence-corrected chi connectivity index (χ2v) is 7.00. The summed E-state index contributed by atoms with van der Waals surface area (Å²) < 4.78 is 0. The number of piperidine rings is 1. The molecule has 0 spiro atoms. The fourth-order valence-corrected chi connectivity index (χ4v) is 4.15. The first kappa shape index (κ1) is 15.8. The Labute approximate surface area is 124 Å². The molecule has 2 rings (SSSR count). The molecule has 2 N–H and O–H groups in total. The zero-order valence-corrected chi connectivity index (χ0v) is 13.4. The SMILES string of the molecule is CCC1(CC)CCN(C(=O)C2CCCC(CN)C2)CC1. The summed E-state index contributed by atoms with van der Waals surface area (Å²) in [6.45, 7) is 7.30. The van der Waals surface area contributed by atoms with Crippen molar-refractivity contribution >= 4 is 5.91 Å². The molecule has 2 aliphatic rings. The van der Waals surface area contributed by atoms with E-state index >= 15 is 0 Å². The van der Waals surface area contributed by atoms with Crippen LogP contribution in [0.5, 0.6) is 0 Å². The van der Waals surface area contributed by atoms with Crippen molar-refractivity contribution < 1.29 is 4.79 Å². The molecule has 1 saturated carbocycles. The third-order valence-corrected chi connectivity index (χ3v) is 6.10. The maximum absolute atomic E-state index is 12.7. The molecule has 116 valence electrons. The number of nitrogens with two attached hydrogens (primary N) is 1. The van der Waals surface area contributed by atoms with Crippen LogP contribution < -0.4 is 5.73 Å². The van der Waals surface area contributed by atoms with Crippen LogP contribution in [-0.2, 0) is 4.79 Å². The normalized spacial score (nSPS) is 30.2. The summed E-state index contributed by atoms with van der Waals surface area (Å²) in [6.07, 6.45) is 9.40. The lowest BCUT2D eigenvalue weighted by Gasteiger charge is -2.42. The Morgan fingerprint density at radius 3 is 2.40 bits per heavy atom. The first-order chi connectivity index (χ1) is 9.64. The molecule has 3 nitrogen and oxygen atoms in total. The van der Waals surface area contributed by atoms with Crippen LogP contribution in [0, 0.1) is 17.3 Å². The van der Waals surface area contributed by atoms with Gasteiger partial charge >= 0.3 is 0 Å². The highest BCUT2D eigenvalue weighted by Crippen LogP contribution is 2.39. The summed E-state index contributed by atoms with van der Waals surface area (Å²) >= 11 is 0. The second-order valence-electron chi connectivity index (χ2n) is 7.00. The van der Waals surface area contributed by atoms with Gasteiger partial charge in [0.25, 0.3) is 0 Å². The molecular weight excluding hydrogens is 248 g/mol. The summed E-state index contributed by atoms with van der Waals surface area (Å²) in [4.78, 5) is 14.8. The molecule has 1 aliphatic carbocycles. The van der Waals surface area contributed by atoms with Crippen LogP contribution in [0.4, 0.5) is 0 Å². The molecule has 0 aromatic heterocycles. The van der Waals surface area contributed by atoms with Crippen molar-refractivity contribution in [3.05, 3.63) is 0 Å². The standard InChI is InChI=1S/C17H32N2O/c1-3-17(4-2)8-10-19(11-9-17)16(20)15-7-5-6-14(12-15)13-18/h14-15H,3-13,18H2,1-2H3. The van der Waals surface area contributed by atoms with E-state index < -0.39 is 0 Å². The van der Waals surface area contributed by atoms with Crippen molar-refractivity contribution in [3.8, 4) is 0 Å². The predicted octanol–water partition coefficient (Wildman–Crippen LogP) is 3.18. The number of nitrogens with zero attached hydrogens (tertiary/aromatic N) is 1. The Balaban J connectivity index is 1.88. The first-order valence-corrected chi connectivity index (χ1v) is 8.63. The molecule has 0 aromatic rings. The molecule has 1 heterocycles. The third kappa shape index (κ3) is 3.36. The Hall–Kier alpha value is -0.570. The van der Waals surface area contributed by atoms with Gasteiger partial charge in [-0.2, -0.15) is 0 Å². The second kappa shape index (κ2) is 6.93. The summed E-state index contributed by atoms with van der Waals surface area (Å²) in [5.41, 5.74) is 6.29. The lowest BCUT2D eigenvalue weighted by Crippen LogP contribution is -2.46. The summed E-state index contributed by atoms with van der Waals surface area (Å²) in [5.74, 6) is 1.25. The van der Waals surface area contributed by atoms with E-state index in [4.69, 9.17) is 5.73 Å². The Morgan fingerprint density at radius 1 is 1.20 bits per heavy atom. The van der Waals surface area contributed by atoms with Crippen LogP contribution in [0.15, 0.2) is 0 Å². The number of hydrogen-bond acceptors (Lipinski definition) is 2. The molecule has 3 heteroatoms. The average Bonchev–Trinajstić information content (AvgIpc) is 2.54. The summed E-state index contributed by atoms with van der Waals surface area (Å²) in [5, 5.41) is 0. The predicted molar refractivity (Wildman–Crippen MR) is 83.3 cm³/mol. The van der Waals surface area contributed by atoms with Crippen molar-refractivity contribution in [3.63, 3.8) is 0 Å². The van der Waals surface area contributed by atoms with E-state index in [9.17, 15) is 4.79 Å². The molecule has 0 bridgehead atoms. The topological polar surface area (TPSA) is 46.3 Å². The monoisotopic (exact) mass is 280 g/mol. The van der Waals surface area contributed by atoms with Crippen LogP contribution in [-0.4, -0.2) is 30.4 Å². The number of rotatable bonds is 4. The smallest absolute Gasteiger partial charge is 0.225 e. The fourth-order valence-electron chi connectivity index (χ4n) is 4.15. The lowest BCUT2D eigenvalue weighted by molar-refractivity contribution is -0.139. The molecular formula is C17H32N2O. The molecule has 2 fully saturated rings. The number of amides is 1. The van der Waals surface area contributed by atoms with Gasteiger partial charge in [-0.3, -0.25) is 4.79 Å². The van der Waals surface area contributed by atoms with E-state index in [-0.39, 0.29) is 5.92 Å². The van der Waals surface area contributed by atoms with Crippen molar-refractivity contribution in [1.29, 1.82) is 0 Å². The minimum Gasteiger partial charge on any atom is -0.342 e. The zero-order valence-electron chi connectivity index (χ0n) is 13.4. The van der Waals surface area contributed by atoms with Crippen molar-refractivity contribution in [2.75, 3.05) is 19.6 Å². The van der Waals surface area contributed by atoms with Gasteiger partial charge in [-0.05, 0) is 50.0 Å². The van der Waals surface area contributed by atoms with E-state index in [1.807, 2.05) is 0 Å².